The monoisotopic (exact) mass is 381 g/mol. The van der Waals surface area contributed by atoms with Crippen molar-refractivity contribution < 1.29 is 13.2 Å². The minimum Gasteiger partial charge on any atom is -0.376 e. The van der Waals surface area contributed by atoms with Gasteiger partial charge < -0.3 is 10.6 Å². The molecule has 1 heterocycles. The Balaban J connectivity index is 2.04. The van der Waals surface area contributed by atoms with Crippen LogP contribution >= 0.6 is 11.3 Å². The molecule has 2 rings (SSSR count). The third-order valence-corrected chi connectivity index (χ3v) is 6.64. The van der Waals surface area contributed by atoms with Crippen LogP contribution in [0.5, 0.6) is 0 Å². The summed E-state index contributed by atoms with van der Waals surface area (Å²) in [6, 6.07) is 8.71. The number of carbonyl (C=O) groups excluding carboxylic acids is 1. The molecule has 136 valence electrons. The second-order valence-electron chi connectivity index (χ2n) is 5.92. The van der Waals surface area contributed by atoms with Crippen molar-refractivity contribution in [2.24, 2.45) is 0 Å². The van der Waals surface area contributed by atoms with Crippen LogP contribution in [0.4, 0.5) is 5.69 Å². The topological polar surface area (TPSA) is 78.5 Å². The molecule has 1 aromatic heterocycles. The number of anilines is 1. The van der Waals surface area contributed by atoms with E-state index in [-0.39, 0.29) is 23.4 Å². The van der Waals surface area contributed by atoms with Crippen molar-refractivity contribution >= 4 is 33.0 Å². The van der Waals surface area contributed by atoms with Gasteiger partial charge in [-0.3, -0.25) is 4.79 Å². The van der Waals surface area contributed by atoms with Gasteiger partial charge in [-0.2, -0.15) is 0 Å². The van der Waals surface area contributed by atoms with Gasteiger partial charge >= 0.3 is 0 Å². The maximum absolute atomic E-state index is 12.2. The first-order valence-electron chi connectivity index (χ1n) is 7.81. The lowest BCUT2D eigenvalue weighted by molar-refractivity contribution is -0.120. The van der Waals surface area contributed by atoms with Crippen molar-refractivity contribution in [3.8, 4) is 0 Å². The van der Waals surface area contributed by atoms with Crippen LogP contribution in [0.1, 0.15) is 23.4 Å². The zero-order valence-electron chi connectivity index (χ0n) is 14.7. The van der Waals surface area contributed by atoms with Gasteiger partial charge in [0.2, 0.25) is 15.9 Å². The lowest BCUT2D eigenvalue weighted by atomic mass is 10.2. The first-order chi connectivity index (χ1) is 11.7. The Morgan fingerprint density at radius 3 is 2.60 bits per heavy atom. The van der Waals surface area contributed by atoms with Gasteiger partial charge in [0.05, 0.1) is 17.5 Å². The second kappa shape index (κ2) is 7.99. The number of amides is 1. The van der Waals surface area contributed by atoms with E-state index < -0.39 is 10.0 Å². The first-order valence-corrected chi connectivity index (χ1v) is 10.1. The summed E-state index contributed by atoms with van der Waals surface area (Å²) in [6.07, 6.45) is 0. The van der Waals surface area contributed by atoms with Crippen LogP contribution in [-0.4, -0.2) is 39.3 Å². The lowest BCUT2D eigenvalue weighted by Gasteiger charge is -2.16. The molecule has 25 heavy (non-hydrogen) atoms. The largest absolute Gasteiger partial charge is 0.376 e. The predicted octanol–water partition coefficient (Wildman–Crippen LogP) is 2.60. The standard InChI is InChI=1S/C17H23N3O3S2/c1-12-7-8-14(25(22,23)20(3)4)10-15(12)18-11-17(21)19-13(2)16-6-5-9-24-16/h5-10,13,18H,11H2,1-4H3,(H,19,21). The Morgan fingerprint density at radius 2 is 2.00 bits per heavy atom. The van der Waals surface area contributed by atoms with E-state index >= 15 is 0 Å². The van der Waals surface area contributed by atoms with Crippen molar-refractivity contribution in [2.45, 2.75) is 24.8 Å². The zero-order valence-corrected chi connectivity index (χ0v) is 16.4. The van der Waals surface area contributed by atoms with Crippen LogP contribution in [-0.2, 0) is 14.8 Å². The number of benzene rings is 1. The van der Waals surface area contributed by atoms with Crippen molar-refractivity contribution in [2.75, 3.05) is 26.0 Å². The molecule has 1 aromatic carbocycles. The van der Waals surface area contributed by atoms with Gasteiger partial charge in [0.25, 0.3) is 0 Å². The Morgan fingerprint density at radius 1 is 1.28 bits per heavy atom. The first kappa shape index (κ1) is 19.4. The summed E-state index contributed by atoms with van der Waals surface area (Å²) in [5.74, 6) is -0.152. The van der Waals surface area contributed by atoms with Gasteiger partial charge in [0, 0.05) is 24.7 Å². The van der Waals surface area contributed by atoms with Crippen LogP contribution < -0.4 is 10.6 Å². The smallest absolute Gasteiger partial charge is 0.242 e. The molecule has 2 N–H and O–H groups in total. The highest BCUT2D eigenvalue weighted by Crippen LogP contribution is 2.22. The summed E-state index contributed by atoms with van der Waals surface area (Å²) in [5, 5.41) is 7.91. The summed E-state index contributed by atoms with van der Waals surface area (Å²) >= 11 is 1.59. The number of nitrogens with one attached hydrogen (secondary N) is 2. The molecule has 0 bridgehead atoms. The average Bonchev–Trinajstić information content (AvgIpc) is 3.08. The van der Waals surface area contributed by atoms with Crippen LogP contribution in [0.15, 0.2) is 40.6 Å². The van der Waals surface area contributed by atoms with E-state index in [1.54, 1.807) is 29.5 Å². The number of sulfonamides is 1. The van der Waals surface area contributed by atoms with E-state index in [1.165, 1.54) is 14.1 Å². The number of hydrogen-bond donors (Lipinski definition) is 2. The van der Waals surface area contributed by atoms with E-state index in [0.717, 1.165) is 14.7 Å². The highest BCUT2D eigenvalue weighted by molar-refractivity contribution is 7.89. The molecule has 6 nitrogen and oxygen atoms in total. The van der Waals surface area contributed by atoms with Gasteiger partial charge in [0.1, 0.15) is 0 Å². The van der Waals surface area contributed by atoms with Crippen LogP contribution in [0.25, 0.3) is 0 Å². The van der Waals surface area contributed by atoms with Crippen molar-refractivity contribution in [1.29, 1.82) is 0 Å². The Bertz CT molecular complexity index is 831. The third kappa shape index (κ3) is 4.81. The fourth-order valence-electron chi connectivity index (χ4n) is 2.24. The minimum atomic E-state index is -3.51. The van der Waals surface area contributed by atoms with Gasteiger partial charge in [-0.1, -0.05) is 12.1 Å². The normalized spacial score (nSPS) is 12.8. The molecular weight excluding hydrogens is 358 g/mol. The molecule has 1 atom stereocenters. The molecule has 1 amide bonds. The third-order valence-electron chi connectivity index (χ3n) is 3.77. The van der Waals surface area contributed by atoms with Gasteiger partial charge in [-0.05, 0) is 43.0 Å². The van der Waals surface area contributed by atoms with Gasteiger partial charge in [-0.15, -0.1) is 11.3 Å². The Kier molecular flexibility index (Phi) is 6.21. The molecule has 8 heteroatoms. The van der Waals surface area contributed by atoms with Crippen LogP contribution in [0, 0.1) is 6.92 Å². The number of thiophene rings is 1. The average molecular weight is 382 g/mol. The summed E-state index contributed by atoms with van der Waals surface area (Å²) in [7, 11) is -0.534. The van der Waals surface area contributed by atoms with Gasteiger partial charge in [0.15, 0.2) is 0 Å². The zero-order chi connectivity index (χ0) is 18.6. The molecule has 1 unspecified atom stereocenters. The fraction of sp³-hybridized carbons (Fsp3) is 0.353. The summed E-state index contributed by atoms with van der Waals surface area (Å²) in [4.78, 5) is 13.4. The SMILES string of the molecule is Cc1ccc(S(=O)(=O)N(C)C)cc1NCC(=O)NC(C)c1cccs1. The van der Waals surface area contributed by atoms with E-state index in [4.69, 9.17) is 0 Å². The van der Waals surface area contributed by atoms with Crippen LogP contribution in [0.2, 0.25) is 0 Å². The number of aryl methyl sites for hydroxylation is 1. The van der Waals surface area contributed by atoms with E-state index in [2.05, 4.69) is 10.6 Å². The highest BCUT2D eigenvalue weighted by atomic mass is 32.2. The molecule has 0 saturated heterocycles. The Labute approximate surface area is 152 Å². The summed E-state index contributed by atoms with van der Waals surface area (Å²) in [5.41, 5.74) is 1.50. The molecule has 0 aliphatic rings. The van der Waals surface area contributed by atoms with Crippen molar-refractivity contribution in [3.63, 3.8) is 0 Å². The number of hydrogen-bond acceptors (Lipinski definition) is 5. The molecule has 0 radical (unpaired) electrons. The Hall–Kier alpha value is -1.90. The molecular formula is C17H23N3O3S2. The van der Waals surface area contributed by atoms with Crippen molar-refractivity contribution in [3.05, 3.63) is 46.2 Å². The minimum absolute atomic E-state index is 0.0594. The molecule has 0 fully saturated rings. The molecule has 0 saturated carbocycles. The fourth-order valence-corrected chi connectivity index (χ4v) is 3.90. The lowest BCUT2D eigenvalue weighted by Crippen LogP contribution is -2.31. The quantitative estimate of drug-likeness (QED) is 0.773. The number of carbonyl (C=O) groups is 1. The predicted molar refractivity (Wildman–Crippen MR) is 101 cm³/mol. The molecule has 2 aromatic rings. The highest BCUT2D eigenvalue weighted by Gasteiger charge is 2.18. The van der Waals surface area contributed by atoms with Gasteiger partial charge in [-0.25, -0.2) is 12.7 Å². The molecule has 0 aliphatic carbocycles. The number of nitrogens with zero attached hydrogens (tertiary/aromatic N) is 1. The van der Waals surface area contributed by atoms with Crippen LogP contribution in [0.3, 0.4) is 0 Å². The molecule has 0 spiro atoms. The maximum Gasteiger partial charge on any atom is 0.242 e. The number of rotatable bonds is 7. The van der Waals surface area contributed by atoms with E-state index in [0.29, 0.717) is 5.69 Å². The van der Waals surface area contributed by atoms with Crippen molar-refractivity contribution in [1.82, 2.24) is 9.62 Å². The molecule has 0 aliphatic heterocycles. The van der Waals surface area contributed by atoms with E-state index in [1.807, 2.05) is 31.4 Å². The van der Waals surface area contributed by atoms with E-state index in [9.17, 15) is 13.2 Å². The summed E-state index contributed by atoms with van der Waals surface area (Å²) < 4.78 is 25.6. The summed E-state index contributed by atoms with van der Waals surface area (Å²) in [6.45, 7) is 3.86. The second-order valence-corrected chi connectivity index (χ2v) is 9.05. The maximum atomic E-state index is 12.2.